The average Bonchev–Trinajstić information content (AvgIpc) is 2.98. The minimum absolute atomic E-state index is 0.359. The van der Waals surface area contributed by atoms with Crippen LogP contribution in [0.25, 0.3) is 56.7 Å². The third-order valence-corrected chi connectivity index (χ3v) is 6.02. The maximum Gasteiger partial charge on any atom is 0.164 e. The Kier molecular flexibility index (Phi) is 6.01. The molecule has 0 atom stereocenters. The van der Waals surface area contributed by atoms with E-state index in [1.165, 1.54) is 6.07 Å². The summed E-state index contributed by atoms with van der Waals surface area (Å²) >= 11 is 0. The van der Waals surface area contributed by atoms with Crippen LogP contribution in [0.5, 0.6) is 0 Å². The maximum atomic E-state index is 15.1. The van der Waals surface area contributed by atoms with Crippen LogP contribution in [0.4, 0.5) is 4.39 Å². The summed E-state index contributed by atoms with van der Waals surface area (Å²) in [6.07, 6.45) is 0. The van der Waals surface area contributed by atoms with Gasteiger partial charge in [0.25, 0.3) is 0 Å². The highest BCUT2D eigenvalue weighted by molar-refractivity contribution is 5.73. The molecule has 4 nitrogen and oxygen atoms in total. The lowest BCUT2D eigenvalue weighted by atomic mass is 10.0. The van der Waals surface area contributed by atoms with Crippen LogP contribution < -0.4 is 0 Å². The molecule has 0 unspecified atom stereocenters. The molecule has 37 heavy (non-hydrogen) atoms. The zero-order valence-corrected chi connectivity index (χ0v) is 19.8. The second-order valence-electron chi connectivity index (χ2n) is 8.51. The van der Waals surface area contributed by atoms with E-state index in [1.807, 2.05) is 109 Å². The number of aromatic nitrogens is 4. The fraction of sp³-hybridized carbons (Fsp3) is 0. The third kappa shape index (κ3) is 4.75. The summed E-state index contributed by atoms with van der Waals surface area (Å²) in [5.41, 5.74) is 5.12. The Morgan fingerprint density at radius 3 is 1.43 bits per heavy atom. The molecule has 0 bridgehead atoms. The summed E-state index contributed by atoms with van der Waals surface area (Å²) in [7, 11) is 0. The van der Waals surface area contributed by atoms with Gasteiger partial charge in [-0.05, 0) is 30.3 Å². The standard InChI is InChI=1S/C32H21FN4/c33-27-20-19-25(21-26(27)29-18-10-17-28(34-29)22-11-4-1-5-12-22)32-36-30(23-13-6-2-7-14-23)35-31(37-32)24-15-8-3-9-16-24/h1-21H. The van der Waals surface area contributed by atoms with Gasteiger partial charge in [0.15, 0.2) is 17.5 Å². The van der Waals surface area contributed by atoms with E-state index in [9.17, 15) is 0 Å². The van der Waals surface area contributed by atoms with Crippen LogP contribution in [-0.2, 0) is 0 Å². The molecule has 5 heteroatoms. The second-order valence-corrected chi connectivity index (χ2v) is 8.51. The predicted molar refractivity (Wildman–Crippen MR) is 145 cm³/mol. The van der Waals surface area contributed by atoms with Gasteiger partial charge in [0.1, 0.15) is 5.82 Å². The summed E-state index contributed by atoms with van der Waals surface area (Å²) in [6, 6.07) is 39.9. The lowest BCUT2D eigenvalue weighted by Crippen LogP contribution is -2.00. The van der Waals surface area contributed by atoms with Gasteiger partial charge in [0, 0.05) is 27.8 Å². The van der Waals surface area contributed by atoms with Crippen LogP contribution in [0.15, 0.2) is 127 Å². The van der Waals surface area contributed by atoms with Gasteiger partial charge in [0.05, 0.1) is 11.4 Å². The molecule has 2 heterocycles. The lowest BCUT2D eigenvalue weighted by Gasteiger charge is -2.10. The summed E-state index contributed by atoms with van der Waals surface area (Å²) in [6.45, 7) is 0. The van der Waals surface area contributed by atoms with Crippen LogP contribution in [-0.4, -0.2) is 19.9 Å². The summed E-state index contributed by atoms with van der Waals surface area (Å²) < 4.78 is 15.1. The molecule has 0 saturated heterocycles. The first kappa shape index (κ1) is 22.4. The molecule has 0 fully saturated rings. The molecule has 0 radical (unpaired) electrons. The number of halogens is 1. The Hall–Kier alpha value is -5.03. The highest BCUT2D eigenvalue weighted by Gasteiger charge is 2.15. The first-order chi connectivity index (χ1) is 18.2. The molecule has 0 amide bonds. The SMILES string of the molecule is Fc1ccc(-c2nc(-c3ccccc3)nc(-c3ccccc3)n2)cc1-c1cccc(-c2ccccc2)n1. The minimum atomic E-state index is -0.359. The van der Waals surface area contributed by atoms with Gasteiger partial charge in [-0.3, -0.25) is 0 Å². The summed E-state index contributed by atoms with van der Waals surface area (Å²) in [5, 5.41) is 0. The molecule has 0 N–H and O–H groups in total. The average molecular weight is 481 g/mol. The van der Waals surface area contributed by atoms with Gasteiger partial charge in [-0.25, -0.2) is 24.3 Å². The normalized spacial score (nSPS) is 10.8. The Balaban J connectivity index is 1.48. The molecule has 0 saturated carbocycles. The lowest BCUT2D eigenvalue weighted by molar-refractivity contribution is 0.631. The van der Waals surface area contributed by atoms with E-state index in [-0.39, 0.29) is 5.82 Å². The van der Waals surface area contributed by atoms with E-state index in [2.05, 4.69) is 0 Å². The molecular formula is C32H21FN4. The Morgan fingerprint density at radius 1 is 0.378 bits per heavy atom. The van der Waals surface area contributed by atoms with Crippen LogP contribution in [0.2, 0.25) is 0 Å². The van der Waals surface area contributed by atoms with Crippen LogP contribution in [0.3, 0.4) is 0 Å². The number of nitrogens with zero attached hydrogens (tertiary/aromatic N) is 4. The van der Waals surface area contributed by atoms with E-state index in [1.54, 1.807) is 12.1 Å². The highest BCUT2D eigenvalue weighted by atomic mass is 19.1. The molecule has 0 aliphatic heterocycles. The van der Waals surface area contributed by atoms with E-state index in [4.69, 9.17) is 19.9 Å². The van der Waals surface area contributed by atoms with Crippen molar-refractivity contribution in [3.05, 3.63) is 133 Å². The second kappa shape index (κ2) is 9.91. The largest absolute Gasteiger partial charge is 0.248 e. The fourth-order valence-corrected chi connectivity index (χ4v) is 4.15. The van der Waals surface area contributed by atoms with E-state index in [0.717, 1.165) is 22.4 Å². The van der Waals surface area contributed by atoms with Gasteiger partial charge in [-0.15, -0.1) is 0 Å². The van der Waals surface area contributed by atoms with Crippen molar-refractivity contribution in [3.8, 4) is 56.7 Å². The molecule has 2 aromatic heterocycles. The van der Waals surface area contributed by atoms with Gasteiger partial charge >= 0.3 is 0 Å². The van der Waals surface area contributed by atoms with E-state index < -0.39 is 0 Å². The highest BCUT2D eigenvalue weighted by Crippen LogP contribution is 2.30. The van der Waals surface area contributed by atoms with Gasteiger partial charge < -0.3 is 0 Å². The van der Waals surface area contributed by atoms with Gasteiger partial charge in [-0.1, -0.05) is 97.1 Å². The number of hydrogen-bond acceptors (Lipinski definition) is 4. The number of benzene rings is 4. The molecule has 6 rings (SSSR count). The zero-order valence-electron chi connectivity index (χ0n) is 19.8. The first-order valence-corrected chi connectivity index (χ1v) is 11.9. The molecule has 6 aromatic rings. The predicted octanol–water partition coefficient (Wildman–Crippen LogP) is 7.74. The first-order valence-electron chi connectivity index (χ1n) is 11.9. The molecule has 176 valence electrons. The maximum absolute atomic E-state index is 15.1. The van der Waals surface area contributed by atoms with Gasteiger partial charge in [0.2, 0.25) is 0 Å². The molecule has 0 spiro atoms. The van der Waals surface area contributed by atoms with Crippen molar-refractivity contribution in [1.82, 2.24) is 19.9 Å². The Labute approximate surface area is 214 Å². The monoisotopic (exact) mass is 480 g/mol. The van der Waals surface area contributed by atoms with Crippen molar-refractivity contribution >= 4 is 0 Å². The molecule has 4 aromatic carbocycles. The smallest absolute Gasteiger partial charge is 0.164 e. The fourth-order valence-electron chi connectivity index (χ4n) is 4.15. The van der Waals surface area contributed by atoms with Crippen molar-refractivity contribution in [2.45, 2.75) is 0 Å². The van der Waals surface area contributed by atoms with Crippen LogP contribution in [0.1, 0.15) is 0 Å². The summed E-state index contributed by atoms with van der Waals surface area (Å²) in [4.78, 5) is 19.0. The van der Waals surface area contributed by atoms with E-state index in [0.29, 0.717) is 34.3 Å². The number of rotatable bonds is 5. The third-order valence-electron chi connectivity index (χ3n) is 6.02. The van der Waals surface area contributed by atoms with Crippen molar-refractivity contribution in [3.63, 3.8) is 0 Å². The zero-order chi connectivity index (χ0) is 25.0. The molecule has 0 aliphatic carbocycles. The number of pyridine rings is 1. The van der Waals surface area contributed by atoms with Crippen molar-refractivity contribution in [1.29, 1.82) is 0 Å². The van der Waals surface area contributed by atoms with Crippen molar-refractivity contribution < 1.29 is 4.39 Å². The van der Waals surface area contributed by atoms with Crippen LogP contribution >= 0.6 is 0 Å². The minimum Gasteiger partial charge on any atom is -0.248 e. The molecular weight excluding hydrogens is 459 g/mol. The number of hydrogen-bond donors (Lipinski definition) is 0. The quantitative estimate of drug-likeness (QED) is 0.253. The van der Waals surface area contributed by atoms with Crippen LogP contribution in [0, 0.1) is 5.82 Å². The Morgan fingerprint density at radius 2 is 0.865 bits per heavy atom. The summed E-state index contributed by atoms with van der Waals surface area (Å²) in [5.74, 6) is 1.22. The topological polar surface area (TPSA) is 51.6 Å². The Bertz CT molecular complexity index is 1610. The van der Waals surface area contributed by atoms with Gasteiger partial charge in [-0.2, -0.15) is 0 Å². The molecule has 0 aliphatic rings. The van der Waals surface area contributed by atoms with Crippen molar-refractivity contribution in [2.24, 2.45) is 0 Å². The van der Waals surface area contributed by atoms with E-state index >= 15 is 4.39 Å². The van der Waals surface area contributed by atoms with Crippen molar-refractivity contribution in [2.75, 3.05) is 0 Å².